The lowest BCUT2D eigenvalue weighted by Gasteiger charge is -1.90. The molecule has 0 radical (unpaired) electrons. The molecule has 4 N–H and O–H groups in total. The Labute approximate surface area is 43.4 Å². The molecular formula is C4H11N3. The van der Waals surface area contributed by atoms with E-state index in [1.54, 1.807) is 7.05 Å². The quantitative estimate of drug-likeness (QED) is 0.357. The van der Waals surface area contributed by atoms with E-state index in [0.29, 0.717) is 18.8 Å². The van der Waals surface area contributed by atoms with Crippen molar-refractivity contribution in [3.05, 3.63) is 0 Å². The summed E-state index contributed by atoms with van der Waals surface area (Å²) in [5.74, 6) is 0.627. The molecule has 0 aliphatic rings. The zero-order valence-electron chi connectivity index (χ0n) is 4.52. The van der Waals surface area contributed by atoms with Gasteiger partial charge >= 0.3 is 0 Å². The molecule has 0 aliphatic heterocycles. The third kappa shape index (κ3) is 3.26. The molecule has 3 nitrogen and oxygen atoms in total. The van der Waals surface area contributed by atoms with Crippen molar-refractivity contribution in [2.45, 2.75) is 6.42 Å². The molecule has 0 saturated carbocycles. The van der Waals surface area contributed by atoms with E-state index >= 15 is 0 Å². The van der Waals surface area contributed by atoms with Gasteiger partial charge in [0.1, 0.15) is 0 Å². The summed E-state index contributed by atoms with van der Waals surface area (Å²) in [5.41, 5.74) is 10.4. The fourth-order valence-corrected chi connectivity index (χ4v) is 0.260. The summed E-state index contributed by atoms with van der Waals surface area (Å²) < 4.78 is 0. The van der Waals surface area contributed by atoms with Crippen LogP contribution in [0.1, 0.15) is 6.42 Å². The molecule has 0 aliphatic carbocycles. The Bertz CT molecular complexity index is 67.3. The van der Waals surface area contributed by atoms with Gasteiger partial charge in [-0.15, -0.1) is 0 Å². The number of hydrogen-bond donors (Lipinski definition) is 2. The van der Waals surface area contributed by atoms with Crippen molar-refractivity contribution in [2.24, 2.45) is 16.5 Å². The minimum absolute atomic E-state index is 0.586. The van der Waals surface area contributed by atoms with Crippen LogP contribution < -0.4 is 11.5 Å². The van der Waals surface area contributed by atoms with Gasteiger partial charge in [0.15, 0.2) is 0 Å². The Morgan fingerprint density at radius 3 is 2.43 bits per heavy atom. The molecule has 0 atom stereocenters. The van der Waals surface area contributed by atoms with E-state index in [-0.39, 0.29) is 0 Å². The molecule has 0 amide bonds. The zero-order chi connectivity index (χ0) is 5.70. The van der Waals surface area contributed by atoms with Crippen molar-refractivity contribution < 1.29 is 0 Å². The molecule has 0 spiro atoms. The zero-order valence-corrected chi connectivity index (χ0v) is 4.52. The minimum Gasteiger partial charge on any atom is -0.387 e. The van der Waals surface area contributed by atoms with Crippen molar-refractivity contribution in [3.8, 4) is 0 Å². The second kappa shape index (κ2) is 3.61. The average Bonchev–Trinajstić information content (AvgIpc) is 1.68. The first-order valence-electron chi connectivity index (χ1n) is 2.22. The first kappa shape index (κ1) is 6.43. The lowest BCUT2D eigenvalue weighted by atomic mass is 10.4. The molecular weight excluding hydrogens is 90.1 g/mol. The first-order valence-corrected chi connectivity index (χ1v) is 2.22. The van der Waals surface area contributed by atoms with E-state index in [4.69, 9.17) is 11.5 Å². The summed E-state index contributed by atoms with van der Waals surface area (Å²) in [6, 6.07) is 0. The fourth-order valence-electron chi connectivity index (χ4n) is 0.260. The van der Waals surface area contributed by atoms with Crippen molar-refractivity contribution in [3.63, 3.8) is 0 Å². The van der Waals surface area contributed by atoms with Gasteiger partial charge in [0.25, 0.3) is 0 Å². The molecule has 0 bridgehead atoms. The third-order valence-electron chi connectivity index (χ3n) is 0.688. The van der Waals surface area contributed by atoms with Crippen LogP contribution in [0.5, 0.6) is 0 Å². The van der Waals surface area contributed by atoms with Gasteiger partial charge in [0.2, 0.25) is 0 Å². The maximum absolute atomic E-state index is 5.25. The summed E-state index contributed by atoms with van der Waals surface area (Å²) in [5, 5.41) is 0. The van der Waals surface area contributed by atoms with Crippen molar-refractivity contribution in [1.82, 2.24) is 0 Å². The highest BCUT2D eigenvalue weighted by Crippen LogP contribution is 1.70. The highest BCUT2D eigenvalue weighted by molar-refractivity contribution is 5.80. The summed E-state index contributed by atoms with van der Waals surface area (Å²) >= 11 is 0. The lowest BCUT2D eigenvalue weighted by molar-refractivity contribution is 1.03. The Morgan fingerprint density at radius 1 is 1.71 bits per heavy atom. The predicted octanol–water partition coefficient (Wildman–Crippen LogP) is -0.678. The van der Waals surface area contributed by atoms with Crippen LogP contribution in [-0.2, 0) is 0 Å². The molecule has 0 rings (SSSR count). The molecule has 0 aromatic carbocycles. The van der Waals surface area contributed by atoms with E-state index in [2.05, 4.69) is 4.99 Å². The normalized spacial score (nSPS) is 12.0. The van der Waals surface area contributed by atoms with Crippen molar-refractivity contribution >= 4 is 5.84 Å². The number of hydrogen-bond acceptors (Lipinski definition) is 2. The average molecular weight is 101 g/mol. The smallest absolute Gasteiger partial charge is 0.0946 e. The van der Waals surface area contributed by atoms with Gasteiger partial charge in [-0.05, 0) is 6.54 Å². The molecule has 0 saturated heterocycles. The molecule has 0 fully saturated rings. The molecule has 3 heteroatoms. The van der Waals surface area contributed by atoms with Gasteiger partial charge in [-0.1, -0.05) is 0 Å². The van der Waals surface area contributed by atoms with E-state index in [0.717, 1.165) is 0 Å². The maximum Gasteiger partial charge on any atom is 0.0946 e. The summed E-state index contributed by atoms with van der Waals surface area (Å²) in [6.45, 7) is 0.586. The fraction of sp³-hybridized carbons (Fsp3) is 0.750. The van der Waals surface area contributed by atoms with Crippen molar-refractivity contribution in [2.75, 3.05) is 13.6 Å². The van der Waals surface area contributed by atoms with Crippen LogP contribution in [0.15, 0.2) is 4.99 Å². The van der Waals surface area contributed by atoms with E-state index in [9.17, 15) is 0 Å². The highest BCUT2D eigenvalue weighted by Gasteiger charge is 1.82. The molecule has 7 heavy (non-hydrogen) atoms. The first-order chi connectivity index (χ1) is 3.31. The van der Waals surface area contributed by atoms with Gasteiger partial charge in [0.05, 0.1) is 5.84 Å². The predicted molar refractivity (Wildman–Crippen MR) is 31.2 cm³/mol. The Morgan fingerprint density at radius 2 is 2.29 bits per heavy atom. The molecule has 0 aromatic heterocycles. The Hall–Kier alpha value is -0.570. The van der Waals surface area contributed by atoms with Crippen LogP contribution in [-0.4, -0.2) is 19.4 Å². The van der Waals surface area contributed by atoms with Gasteiger partial charge < -0.3 is 11.5 Å². The number of nitrogens with zero attached hydrogens (tertiary/aromatic N) is 1. The van der Waals surface area contributed by atoms with E-state index < -0.39 is 0 Å². The van der Waals surface area contributed by atoms with Gasteiger partial charge in [-0.2, -0.15) is 0 Å². The Balaban J connectivity index is 3.17. The second-order valence-electron chi connectivity index (χ2n) is 1.25. The van der Waals surface area contributed by atoms with Crippen molar-refractivity contribution in [1.29, 1.82) is 0 Å². The van der Waals surface area contributed by atoms with Crippen LogP contribution in [0.3, 0.4) is 0 Å². The lowest BCUT2D eigenvalue weighted by Crippen LogP contribution is -2.16. The molecule has 0 aromatic rings. The number of nitrogens with two attached hydrogens (primary N) is 2. The van der Waals surface area contributed by atoms with E-state index in [1.807, 2.05) is 0 Å². The third-order valence-corrected chi connectivity index (χ3v) is 0.688. The summed E-state index contributed by atoms with van der Waals surface area (Å²) in [6.07, 6.45) is 0.705. The standard InChI is InChI=1S/C4H11N3/c1-7-4(6)2-3-5/h2-3,5H2,1H3,(H2,6,7). The van der Waals surface area contributed by atoms with Gasteiger partial charge in [-0.3, -0.25) is 4.99 Å². The SMILES string of the molecule is C/N=C(\N)CCN. The summed E-state index contributed by atoms with van der Waals surface area (Å²) in [4.78, 5) is 3.69. The molecule has 0 heterocycles. The topological polar surface area (TPSA) is 64.4 Å². The number of rotatable bonds is 2. The molecule has 0 unspecified atom stereocenters. The van der Waals surface area contributed by atoms with Crippen LogP contribution in [0.25, 0.3) is 0 Å². The van der Waals surface area contributed by atoms with Crippen LogP contribution in [0.4, 0.5) is 0 Å². The maximum atomic E-state index is 5.25. The Kier molecular flexibility index (Phi) is 3.32. The molecule has 42 valence electrons. The van der Waals surface area contributed by atoms with E-state index in [1.165, 1.54) is 0 Å². The van der Waals surface area contributed by atoms with Gasteiger partial charge in [-0.25, -0.2) is 0 Å². The number of aliphatic imine (C=N–C) groups is 1. The minimum atomic E-state index is 0.586. The van der Waals surface area contributed by atoms with Gasteiger partial charge in [0, 0.05) is 13.5 Å². The monoisotopic (exact) mass is 101 g/mol. The second-order valence-corrected chi connectivity index (χ2v) is 1.25. The number of amidine groups is 1. The van der Waals surface area contributed by atoms with Crippen LogP contribution in [0.2, 0.25) is 0 Å². The highest BCUT2D eigenvalue weighted by atomic mass is 14.8. The largest absolute Gasteiger partial charge is 0.387 e. The van der Waals surface area contributed by atoms with Crippen LogP contribution in [0, 0.1) is 0 Å². The van der Waals surface area contributed by atoms with Crippen LogP contribution >= 0.6 is 0 Å². The summed E-state index contributed by atoms with van der Waals surface area (Å²) in [7, 11) is 1.66.